The number of hydrogen-bond acceptors (Lipinski definition) is 4. The van der Waals surface area contributed by atoms with E-state index in [1.54, 1.807) is 17.0 Å². The van der Waals surface area contributed by atoms with Crippen LogP contribution in [0.1, 0.15) is 46.5 Å². The Morgan fingerprint density at radius 2 is 2.10 bits per heavy atom. The third kappa shape index (κ3) is 3.20. The van der Waals surface area contributed by atoms with E-state index < -0.39 is 0 Å². The van der Waals surface area contributed by atoms with Crippen molar-refractivity contribution in [2.24, 2.45) is 5.92 Å². The third-order valence-electron chi connectivity index (χ3n) is 4.03. The van der Waals surface area contributed by atoms with Crippen molar-refractivity contribution in [2.75, 3.05) is 11.9 Å². The summed E-state index contributed by atoms with van der Waals surface area (Å²) >= 11 is 0. The van der Waals surface area contributed by atoms with Gasteiger partial charge in [0.1, 0.15) is 0 Å². The molecule has 1 heterocycles. The highest BCUT2D eigenvalue weighted by atomic mass is 16.3. The van der Waals surface area contributed by atoms with Crippen LogP contribution in [-0.2, 0) is 5.54 Å². The fourth-order valence-electron chi connectivity index (χ4n) is 2.83. The van der Waals surface area contributed by atoms with Crippen LogP contribution < -0.4 is 10.9 Å². The van der Waals surface area contributed by atoms with Crippen LogP contribution >= 0.6 is 0 Å². The van der Waals surface area contributed by atoms with Crippen LogP contribution in [0.4, 0.5) is 5.82 Å². The molecule has 1 fully saturated rings. The highest BCUT2D eigenvalue weighted by molar-refractivity contribution is 5.33. The fourth-order valence-corrected chi connectivity index (χ4v) is 2.83. The molecule has 0 aromatic carbocycles. The molecule has 1 aromatic heterocycles. The second kappa shape index (κ2) is 5.95. The summed E-state index contributed by atoms with van der Waals surface area (Å²) in [5, 5.41) is 12.7. The molecule has 1 aliphatic rings. The van der Waals surface area contributed by atoms with Crippen molar-refractivity contribution in [3.63, 3.8) is 0 Å². The van der Waals surface area contributed by atoms with Gasteiger partial charge in [-0.25, -0.2) is 4.98 Å². The Hall–Kier alpha value is -1.36. The molecular weight excluding hydrogens is 254 g/mol. The third-order valence-corrected chi connectivity index (χ3v) is 4.03. The van der Waals surface area contributed by atoms with Gasteiger partial charge in [0.15, 0.2) is 5.82 Å². The van der Waals surface area contributed by atoms with Gasteiger partial charge in [0.2, 0.25) is 0 Å². The number of aromatic nitrogens is 2. The molecule has 0 amide bonds. The van der Waals surface area contributed by atoms with Crippen LogP contribution in [0.3, 0.4) is 0 Å². The molecule has 2 unspecified atom stereocenters. The van der Waals surface area contributed by atoms with Gasteiger partial charge in [-0.1, -0.05) is 12.8 Å². The van der Waals surface area contributed by atoms with E-state index in [0.29, 0.717) is 5.82 Å². The molecule has 1 aliphatic carbocycles. The summed E-state index contributed by atoms with van der Waals surface area (Å²) in [6.45, 7) is 6.15. The Morgan fingerprint density at radius 3 is 2.75 bits per heavy atom. The van der Waals surface area contributed by atoms with Gasteiger partial charge < -0.3 is 15.0 Å². The van der Waals surface area contributed by atoms with E-state index in [2.05, 4.69) is 10.3 Å². The smallest absolute Gasteiger partial charge is 0.293 e. The predicted molar refractivity (Wildman–Crippen MR) is 79.9 cm³/mol. The molecule has 0 bridgehead atoms. The summed E-state index contributed by atoms with van der Waals surface area (Å²) in [5.74, 6) is 0.612. The lowest BCUT2D eigenvalue weighted by molar-refractivity contribution is 0.178. The topological polar surface area (TPSA) is 67.2 Å². The van der Waals surface area contributed by atoms with Crippen molar-refractivity contribution in [2.45, 2.75) is 58.0 Å². The highest BCUT2D eigenvalue weighted by Gasteiger charge is 2.26. The Morgan fingerprint density at radius 1 is 1.40 bits per heavy atom. The van der Waals surface area contributed by atoms with Crippen LogP contribution in [0.5, 0.6) is 0 Å². The summed E-state index contributed by atoms with van der Waals surface area (Å²) in [7, 11) is 0. The van der Waals surface area contributed by atoms with Crippen LogP contribution in [0.2, 0.25) is 0 Å². The van der Waals surface area contributed by atoms with Crippen LogP contribution in [-0.4, -0.2) is 27.3 Å². The van der Waals surface area contributed by atoms with Crippen molar-refractivity contribution in [1.29, 1.82) is 0 Å². The van der Waals surface area contributed by atoms with Gasteiger partial charge >= 0.3 is 0 Å². The molecule has 2 rings (SSSR count). The summed E-state index contributed by atoms with van der Waals surface area (Å²) < 4.78 is 1.69. The second-order valence-electron chi connectivity index (χ2n) is 6.60. The van der Waals surface area contributed by atoms with Gasteiger partial charge in [0, 0.05) is 36.5 Å². The van der Waals surface area contributed by atoms with Gasteiger partial charge in [-0.15, -0.1) is 0 Å². The molecule has 112 valence electrons. The van der Waals surface area contributed by atoms with Crippen molar-refractivity contribution < 1.29 is 5.11 Å². The molecule has 0 aliphatic heterocycles. The molecule has 5 heteroatoms. The molecule has 20 heavy (non-hydrogen) atoms. The molecule has 1 aromatic rings. The van der Waals surface area contributed by atoms with Crippen molar-refractivity contribution >= 4 is 5.82 Å². The average molecular weight is 279 g/mol. The maximum absolute atomic E-state index is 12.5. The molecule has 0 saturated heterocycles. The standard InChI is InChI=1S/C15H25N3O2/c1-15(2,3)18-9-8-16-13(14(18)20)17-12-7-5-4-6-11(12)10-19/h8-9,11-12,19H,4-7,10H2,1-3H3,(H,16,17). The first-order valence-corrected chi connectivity index (χ1v) is 7.39. The zero-order valence-corrected chi connectivity index (χ0v) is 12.6. The zero-order chi connectivity index (χ0) is 14.8. The van der Waals surface area contributed by atoms with Gasteiger partial charge in [0.25, 0.3) is 5.56 Å². The minimum absolute atomic E-state index is 0.0951. The Labute approximate surface area is 120 Å². The van der Waals surface area contributed by atoms with Gasteiger partial charge in [-0.3, -0.25) is 4.79 Å². The lowest BCUT2D eigenvalue weighted by Gasteiger charge is -2.31. The second-order valence-corrected chi connectivity index (χ2v) is 6.60. The summed E-state index contributed by atoms with van der Waals surface area (Å²) in [6, 6.07) is 0.143. The molecule has 2 atom stereocenters. The number of anilines is 1. The van der Waals surface area contributed by atoms with Crippen LogP contribution in [0.25, 0.3) is 0 Å². The quantitative estimate of drug-likeness (QED) is 0.887. The van der Waals surface area contributed by atoms with E-state index in [9.17, 15) is 9.90 Å². The summed E-state index contributed by atoms with van der Waals surface area (Å²) in [6.07, 6.45) is 7.65. The van der Waals surface area contributed by atoms with Crippen molar-refractivity contribution in [3.8, 4) is 0 Å². The first kappa shape index (κ1) is 15.0. The molecule has 1 saturated carbocycles. The van der Waals surface area contributed by atoms with Crippen LogP contribution in [0.15, 0.2) is 17.2 Å². The van der Waals surface area contributed by atoms with E-state index >= 15 is 0 Å². The van der Waals surface area contributed by atoms with Gasteiger partial charge in [0.05, 0.1) is 0 Å². The SMILES string of the molecule is CC(C)(C)n1ccnc(NC2CCCCC2CO)c1=O. The van der Waals surface area contributed by atoms with Gasteiger partial charge in [-0.2, -0.15) is 0 Å². The Bertz CT molecular complexity index is 505. The number of nitrogens with one attached hydrogen (secondary N) is 1. The number of rotatable bonds is 3. The molecule has 0 spiro atoms. The Kier molecular flexibility index (Phi) is 4.48. The lowest BCUT2D eigenvalue weighted by atomic mass is 9.85. The summed E-state index contributed by atoms with van der Waals surface area (Å²) in [4.78, 5) is 16.6. The first-order valence-electron chi connectivity index (χ1n) is 7.39. The fraction of sp³-hybridized carbons (Fsp3) is 0.733. The van der Waals surface area contributed by atoms with Gasteiger partial charge in [-0.05, 0) is 33.6 Å². The number of hydrogen-bond donors (Lipinski definition) is 2. The zero-order valence-electron chi connectivity index (χ0n) is 12.6. The van der Waals surface area contributed by atoms with Crippen LogP contribution in [0, 0.1) is 5.92 Å². The van der Waals surface area contributed by atoms with E-state index in [-0.39, 0.29) is 29.7 Å². The predicted octanol–water partition coefficient (Wildman–Crippen LogP) is 1.96. The normalized spacial score (nSPS) is 23.6. The minimum atomic E-state index is -0.264. The maximum atomic E-state index is 12.5. The van der Waals surface area contributed by atoms with Crippen molar-refractivity contribution in [3.05, 3.63) is 22.7 Å². The number of aliphatic hydroxyl groups excluding tert-OH is 1. The number of aliphatic hydroxyl groups is 1. The maximum Gasteiger partial charge on any atom is 0.293 e. The van der Waals surface area contributed by atoms with E-state index in [4.69, 9.17) is 0 Å². The minimum Gasteiger partial charge on any atom is -0.396 e. The Balaban J connectivity index is 2.23. The van der Waals surface area contributed by atoms with Crippen molar-refractivity contribution in [1.82, 2.24) is 9.55 Å². The lowest BCUT2D eigenvalue weighted by Crippen LogP contribution is -2.40. The molecular formula is C15H25N3O2. The molecule has 2 N–H and O–H groups in total. The highest BCUT2D eigenvalue weighted by Crippen LogP contribution is 2.25. The summed E-state index contributed by atoms with van der Waals surface area (Å²) in [5.41, 5.74) is -0.360. The number of nitrogens with zero attached hydrogens (tertiary/aromatic N) is 2. The largest absolute Gasteiger partial charge is 0.396 e. The monoisotopic (exact) mass is 279 g/mol. The molecule has 5 nitrogen and oxygen atoms in total. The first-order chi connectivity index (χ1) is 9.43. The van der Waals surface area contributed by atoms with E-state index in [0.717, 1.165) is 25.7 Å². The average Bonchev–Trinajstić information content (AvgIpc) is 2.40. The van der Waals surface area contributed by atoms with E-state index in [1.807, 2.05) is 20.8 Å². The van der Waals surface area contributed by atoms with E-state index in [1.165, 1.54) is 0 Å². The molecule has 0 radical (unpaired) electrons.